The number of hydrogen-bond donors (Lipinski definition) is 3. The van der Waals surface area contributed by atoms with Gasteiger partial charge in [0.05, 0.1) is 18.0 Å². The Hall–Kier alpha value is -3.05. The van der Waals surface area contributed by atoms with Crippen molar-refractivity contribution in [2.75, 3.05) is 10.6 Å². The molecule has 1 heterocycles. The highest BCUT2D eigenvalue weighted by molar-refractivity contribution is 6.09. The number of nitrogens with zero attached hydrogens (tertiary/aromatic N) is 3. The molecule has 0 spiro atoms. The number of aliphatic hydroxyl groups is 1. The number of anilines is 2. The van der Waals surface area contributed by atoms with Gasteiger partial charge in [0.15, 0.2) is 5.84 Å². The normalized spacial score (nSPS) is 19.2. The van der Waals surface area contributed by atoms with Crippen molar-refractivity contribution in [2.45, 2.75) is 65.0 Å². The van der Waals surface area contributed by atoms with Crippen LogP contribution in [0, 0.1) is 36.3 Å². The minimum absolute atomic E-state index is 0.0894. The van der Waals surface area contributed by atoms with Crippen LogP contribution in [0.5, 0.6) is 0 Å². The Morgan fingerprint density at radius 1 is 1.16 bits per heavy atom. The molecular weight excluding hydrogens is 412 g/mol. The summed E-state index contributed by atoms with van der Waals surface area (Å²) >= 11 is 0. The van der Waals surface area contributed by atoms with Crippen LogP contribution >= 0.6 is 0 Å². The molecule has 1 saturated carbocycles. The fourth-order valence-electron chi connectivity index (χ4n) is 3.30. The molecule has 0 saturated heterocycles. The number of halogens is 2. The molecule has 0 unspecified atom stereocenters. The lowest BCUT2D eigenvalue weighted by Gasteiger charge is -2.21. The van der Waals surface area contributed by atoms with E-state index in [2.05, 4.69) is 37.4 Å². The van der Waals surface area contributed by atoms with Crippen LogP contribution in [-0.4, -0.2) is 32.6 Å². The molecule has 1 aliphatic rings. The molecule has 1 fully saturated rings. The second kappa shape index (κ2) is 10.0. The third-order valence-electron chi connectivity index (χ3n) is 4.97. The van der Waals surface area contributed by atoms with Crippen LogP contribution in [0.25, 0.3) is 0 Å². The zero-order valence-electron chi connectivity index (χ0n) is 18.8. The van der Waals surface area contributed by atoms with Gasteiger partial charge >= 0.3 is 0 Å². The summed E-state index contributed by atoms with van der Waals surface area (Å²) in [4.78, 5) is 13.2. The first-order chi connectivity index (χ1) is 15.1. The van der Waals surface area contributed by atoms with Gasteiger partial charge in [-0.15, -0.1) is 0 Å². The van der Waals surface area contributed by atoms with Crippen LogP contribution in [0.4, 0.5) is 26.1 Å². The lowest BCUT2D eigenvalue weighted by molar-refractivity contribution is 0.119. The van der Waals surface area contributed by atoms with Gasteiger partial charge in [-0.3, -0.25) is 0 Å². The Kier molecular flexibility index (Phi) is 7.41. The van der Waals surface area contributed by atoms with E-state index in [1.165, 1.54) is 18.2 Å². The molecule has 170 valence electrons. The first-order valence-corrected chi connectivity index (χ1v) is 10.7. The fraction of sp³-hybridized carbons (Fsp3) is 0.458. The van der Waals surface area contributed by atoms with Gasteiger partial charge in [0, 0.05) is 11.5 Å². The summed E-state index contributed by atoms with van der Waals surface area (Å²) in [7, 11) is 0. The van der Waals surface area contributed by atoms with E-state index in [4.69, 9.17) is 0 Å². The van der Waals surface area contributed by atoms with Crippen LogP contribution in [0.2, 0.25) is 0 Å². The highest BCUT2D eigenvalue weighted by atomic mass is 19.1. The summed E-state index contributed by atoms with van der Waals surface area (Å²) in [6, 6.07) is 3.63. The SMILES string of the molecule is Cc1nc(NC(C)(C)C)ncc1/N=C(\C#C[C@H]1CC[C@@H](O)CC1)Nc1c(F)cccc1F. The van der Waals surface area contributed by atoms with E-state index in [0.717, 1.165) is 12.8 Å². The van der Waals surface area contributed by atoms with Gasteiger partial charge < -0.3 is 15.7 Å². The lowest BCUT2D eigenvalue weighted by atomic mass is 9.88. The highest BCUT2D eigenvalue weighted by Gasteiger charge is 2.18. The van der Waals surface area contributed by atoms with Gasteiger partial charge in [-0.2, -0.15) is 0 Å². The van der Waals surface area contributed by atoms with E-state index in [-0.39, 0.29) is 29.1 Å². The topological polar surface area (TPSA) is 82.4 Å². The Labute approximate surface area is 187 Å². The van der Waals surface area contributed by atoms with Gasteiger partial charge in [-0.25, -0.2) is 23.7 Å². The quantitative estimate of drug-likeness (QED) is 0.356. The van der Waals surface area contributed by atoms with Crippen molar-refractivity contribution in [3.63, 3.8) is 0 Å². The van der Waals surface area contributed by atoms with Crippen LogP contribution < -0.4 is 10.6 Å². The summed E-state index contributed by atoms with van der Waals surface area (Å²) < 4.78 is 28.4. The second-order valence-electron chi connectivity index (χ2n) is 9.00. The molecule has 0 amide bonds. The third-order valence-corrected chi connectivity index (χ3v) is 4.97. The van der Waals surface area contributed by atoms with Gasteiger partial charge in [-0.05, 0) is 71.4 Å². The lowest BCUT2D eigenvalue weighted by Crippen LogP contribution is -2.27. The van der Waals surface area contributed by atoms with Gasteiger partial charge in [0.2, 0.25) is 5.95 Å². The molecule has 0 atom stereocenters. The number of amidine groups is 1. The molecule has 1 aliphatic carbocycles. The van der Waals surface area contributed by atoms with Crippen molar-refractivity contribution in [1.82, 2.24) is 9.97 Å². The zero-order valence-corrected chi connectivity index (χ0v) is 18.8. The minimum Gasteiger partial charge on any atom is -0.393 e. The average molecular weight is 442 g/mol. The molecule has 3 rings (SSSR count). The predicted octanol–water partition coefficient (Wildman–Crippen LogP) is 4.97. The number of hydrogen-bond acceptors (Lipinski definition) is 5. The Morgan fingerprint density at radius 3 is 2.41 bits per heavy atom. The van der Waals surface area contributed by atoms with Crippen molar-refractivity contribution < 1.29 is 13.9 Å². The van der Waals surface area contributed by atoms with Crippen molar-refractivity contribution in [3.05, 3.63) is 41.7 Å². The number of aliphatic imine (C=N–C) groups is 1. The summed E-state index contributed by atoms with van der Waals surface area (Å²) in [5.74, 6) is 5.25. The minimum atomic E-state index is -0.738. The van der Waals surface area contributed by atoms with E-state index in [1.807, 2.05) is 20.8 Å². The molecule has 3 N–H and O–H groups in total. The summed E-state index contributed by atoms with van der Waals surface area (Å²) in [6.07, 6.45) is 4.18. The van der Waals surface area contributed by atoms with E-state index in [1.54, 1.807) is 13.1 Å². The van der Waals surface area contributed by atoms with E-state index >= 15 is 0 Å². The van der Waals surface area contributed by atoms with Crippen LogP contribution in [0.15, 0.2) is 29.4 Å². The highest BCUT2D eigenvalue weighted by Crippen LogP contribution is 2.24. The van der Waals surface area contributed by atoms with Crippen molar-refractivity contribution in [3.8, 4) is 11.8 Å². The number of benzene rings is 1. The smallest absolute Gasteiger partial charge is 0.223 e. The molecule has 1 aromatic heterocycles. The number of aliphatic hydroxyl groups excluding tert-OH is 1. The molecule has 8 heteroatoms. The van der Waals surface area contributed by atoms with Gasteiger partial charge in [-0.1, -0.05) is 12.0 Å². The number of aromatic nitrogens is 2. The molecular formula is C24H29F2N5O. The zero-order chi connectivity index (χ0) is 23.3. The third kappa shape index (κ3) is 6.72. The van der Waals surface area contributed by atoms with Crippen molar-refractivity contribution >= 4 is 23.2 Å². The van der Waals surface area contributed by atoms with Crippen molar-refractivity contribution in [2.24, 2.45) is 10.9 Å². The van der Waals surface area contributed by atoms with Crippen molar-refractivity contribution in [1.29, 1.82) is 0 Å². The molecule has 0 bridgehead atoms. The van der Waals surface area contributed by atoms with Crippen LogP contribution in [0.3, 0.4) is 0 Å². The molecule has 0 radical (unpaired) electrons. The Morgan fingerprint density at radius 2 is 1.81 bits per heavy atom. The van der Waals surface area contributed by atoms with Crippen LogP contribution in [0.1, 0.15) is 52.1 Å². The Bertz CT molecular complexity index is 1020. The van der Waals surface area contributed by atoms with E-state index in [0.29, 0.717) is 30.2 Å². The number of para-hydroxylation sites is 1. The molecule has 1 aromatic carbocycles. The van der Waals surface area contributed by atoms with Gasteiger partial charge in [0.1, 0.15) is 23.0 Å². The maximum absolute atomic E-state index is 14.2. The number of aryl methyl sites for hydroxylation is 1. The monoisotopic (exact) mass is 441 g/mol. The largest absolute Gasteiger partial charge is 0.393 e. The predicted molar refractivity (Wildman–Crippen MR) is 123 cm³/mol. The summed E-state index contributed by atoms with van der Waals surface area (Å²) in [6.45, 7) is 7.79. The summed E-state index contributed by atoms with van der Waals surface area (Å²) in [5, 5.41) is 15.6. The standard InChI is InChI=1S/C24H29F2N5O/c1-15-20(14-27-23(28-15)31-24(2,3)4)29-21(13-10-16-8-11-17(32)12-9-16)30-22-18(25)6-5-7-19(22)26/h5-7,14,16-17,32H,8-9,11-12H2,1-4H3,(H,29,30)(H,27,28,31)/t16-,17+. The number of nitrogens with one attached hydrogen (secondary N) is 2. The summed E-state index contributed by atoms with van der Waals surface area (Å²) in [5.41, 5.74) is 0.523. The Balaban J connectivity index is 1.92. The molecule has 32 heavy (non-hydrogen) atoms. The molecule has 2 aromatic rings. The average Bonchev–Trinajstić information content (AvgIpc) is 2.70. The first kappa shape index (κ1) is 23.6. The fourth-order valence-corrected chi connectivity index (χ4v) is 3.30. The second-order valence-corrected chi connectivity index (χ2v) is 9.00. The molecule has 6 nitrogen and oxygen atoms in total. The first-order valence-electron chi connectivity index (χ1n) is 10.7. The van der Waals surface area contributed by atoms with E-state index in [9.17, 15) is 13.9 Å². The maximum atomic E-state index is 14.2. The van der Waals surface area contributed by atoms with Crippen LogP contribution in [-0.2, 0) is 0 Å². The van der Waals surface area contributed by atoms with E-state index < -0.39 is 11.6 Å². The number of rotatable bonds is 3. The maximum Gasteiger partial charge on any atom is 0.223 e. The van der Waals surface area contributed by atoms with Gasteiger partial charge in [0.25, 0.3) is 0 Å². The molecule has 0 aliphatic heterocycles.